The fourth-order valence-corrected chi connectivity index (χ4v) is 3.27. The molecule has 104 valence electrons. The normalized spacial score (nSPS) is 13.9. The molecule has 0 aliphatic heterocycles. The van der Waals surface area contributed by atoms with Crippen LogP contribution < -0.4 is 4.72 Å². The van der Waals surface area contributed by atoms with Gasteiger partial charge < -0.3 is 5.11 Å². The molecule has 2 N–H and O–H groups in total. The van der Waals surface area contributed by atoms with Crippen molar-refractivity contribution in [3.05, 3.63) is 28.8 Å². The van der Waals surface area contributed by atoms with Gasteiger partial charge in [0.05, 0.1) is 28.3 Å². The average molecular weight is 303 g/mol. The Balaban J connectivity index is 3.26. The number of aliphatic hydroxyl groups excluding tert-OH is 1. The van der Waals surface area contributed by atoms with Gasteiger partial charge in [-0.15, -0.1) is 0 Å². The first-order valence-electron chi connectivity index (χ1n) is 5.52. The number of hydrogen-bond acceptors (Lipinski definition) is 4. The Hall–Kier alpha value is -1.13. The van der Waals surface area contributed by atoms with E-state index in [0.29, 0.717) is 0 Å². The maximum absolute atomic E-state index is 12.2. The summed E-state index contributed by atoms with van der Waals surface area (Å²) in [5.41, 5.74) is -0.857. The van der Waals surface area contributed by atoms with Gasteiger partial charge in [-0.05, 0) is 39.0 Å². The molecule has 0 aliphatic carbocycles. The zero-order valence-electron chi connectivity index (χ0n) is 10.8. The summed E-state index contributed by atoms with van der Waals surface area (Å²) < 4.78 is 26.8. The van der Waals surface area contributed by atoms with Gasteiger partial charge in [-0.25, -0.2) is 13.1 Å². The van der Waals surface area contributed by atoms with E-state index in [4.69, 9.17) is 16.9 Å². The van der Waals surface area contributed by atoms with E-state index in [9.17, 15) is 13.5 Å². The molecule has 0 radical (unpaired) electrons. The van der Waals surface area contributed by atoms with Crippen LogP contribution in [-0.2, 0) is 10.0 Å². The van der Waals surface area contributed by atoms with Gasteiger partial charge >= 0.3 is 0 Å². The fourth-order valence-electron chi connectivity index (χ4n) is 1.27. The van der Waals surface area contributed by atoms with Gasteiger partial charge in [0, 0.05) is 0 Å². The molecule has 1 unspecified atom stereocenters. The molecule has 0 aromatic heterocycles. The van der Waals surface area contributed by atoms with Crippen LogP contribution in [-0.4, -0.2) is 25.2 Å². The van der Waals surface area contributed by atoms with Crippen LogP contribution in [0.4, 0.5) is 0 Å². The van der Waals surface area contributed by atoms with Crippen LogP contribution in [0.15, 0.2) is 23.1 Å². The number of nitrogens with zero attached hydrogens (tertiary/aromatic N) is 1. The van der Waals surface area contributed by atoms with Gasteiger partial charge in [0.15, 0.2) is 0 Å². The third-order valence-electron chi connectivity index (χ3n) is 2.79. The highest BCUT2D eigenvalue weighted by atomic mass is 35.5. The van der Waals surface area contributed by atoms with E-state index in [1.807, 2.05) is 6.07 Å². The molecular weight excluding hydrogens is 288 g/mol. The molecule has 0 aliphatic rings. The average Bonchev–Trinajstić information content (AvgIpc) is 2.27. The molecule has 0 amide bonds. The summed E-state index contributed by atoms with van der Waals surface area (Å²) in [6.45, 7) is 4.59. The number of benzene rings is 1. The fraction of sp³-hybridized carbons (Fsp3) is 0.417. The number of rotatable bonds is 4. The van der Waals surface area contributed by atoms with E-state index in [0.717, 1.165) is 0 Å². The molecule has 19 heavy (non-hydrogen) atoms. The number of hydrogen-bond donors (Lipinski definition) is 2. The molecule has 1 aromatic rings. The zero-order valence-corrected chi connectivity index (χ0v) is 12.4. The molecule has 0 fully saturated rings. The van der Waals surface area contributed by atoms with E-state index in [-0.39, 0.29) is 15.5 Å². The zero-order chi connectivity index (χ0) is 14.8. The Morgan fingerprint density at radius 2 is 2.05 bits per heavy atom. The van der Waals surface area contributed by atoms with Gasteiger partial charge in [0.2, 0.25) is 10.0 Å². The molecule has 0 heterocycles. The third kappa shape index (κ3) is 3.67. The lowest BCUT2D eigenvalue weighted by molar-refractivity contribution is 0.111. The maximum atomic E-state index is 12.2. The third-order valence-corrected chi connectivity index (χ3v) is 4.94. The first kappa shape index (κ1) is 15.9. The van der Waals surface area contributed by atoms with Crippen molar-refractivity contribution in [2.45, 2.75) is 37.3 Å². The monoisotopic (exact) mass is 302 g/mol. The first-order chi connectivity index (χ1) is 8.60. The Morgan fingerprint density at radius 3 is 2.53 bits per heavy atom. The summed E-state index contributed by atoms with van der Waals surface area (Å²) in [4.78, 5) is -0.179. The standard InChI is InChI=1S/C12H15ClN2O3S/c1-8(16)12(2,3)15-19(17,18)11-6-9(7-14)4-5-10(11)13/h4-6,8,15-16H,1-3H3. The van der Waals surface area contributed by atoms with Crippen LogP contribution in [0.3, 0.4) is 0 Å². The molecule has 1 rings (SSSR count). The summed E-state index contributed by atoms with van der Waals surface area (Å²) >= 11 is 5.86. The Morgan fingerprint density at radius 1 is 1.47 bits per heavy atom. The second kappa shape index (κ2) is 5.47. The molecule has 0 spiro atoms. The highest BCUT2D eigenvalue weighted by Gasteiger charge is 2.31. The van der Waals surface area contributed by atoms with Gasteiger partial charge in [-0.2, -0.15) is 5.26 Å². The van der Waals surface area contributed by atoms with Gasteiger partial charge in [-0.1, -0.05) is 11.6 Å². The Bertz CT molecular complexity index is 618. The maximum Gasteiger partial charge on any atom is 0.242 e. The van der Waals surface area contributed by atoms with Crippen LogP contribution in [0.25, 0.3) is 0 Å². The Labute approximate surface area is 117 Å². The SMILES string of the molecule is CC(O)C(C)(C)NS(=O)(=O)c1cc(C#N)ccc1Cl. The predicted molar refractivity (Wildman–Crippen MR) is 72.2 cm³/mol. The van der Waals surface area contributed by atoms with E-state index < -0.39 is 21.7 Å². The van der Waals surface area contributed by atoms with Crippen LogP contribution >= 0.6 is 11.6 Å². The second-order valence-corrected chi connectivity index (χ2v) is 6.82. The molecule has 1 atom stereocenters. The van der Waals surface area contributed by atoms with E-state index in [1.54, 1.807) is 13.8 Å². The lowest BCUT2D eigenvalue weighted by Gasteiger charge is -2.29. The van der Waals surface area contributed by atoms with Gasteiger partial charge in [-0.3, -0.25) is 0 Å². The quantitative estimate of drug-likeness (QED) is 0.885. The lowest BCUT2D eigenvalue weighted by atomic mass is 10.0. The largest absolute Gasteiger partial charge is 0.391 e. The summed E-state index contributed by atoms with van der Waals surface area (Å²) in [7, 11) is -3.92. The topological polar surface area (TPSA) is 90.2 Å². The summed E-state index contributed by atoms with van der Waals surface area (Å²) in [5, 5.41) is 18.4. The van der Waals surface area contributed by atoms with Crippen molar-refractivity contribution < 1.29 is 13.5 Å². The van der Waals surface area contributed by atoms with Crippen LogP contribution in [0.1, 0.15) is 26.3 Å². The van der Waals surface area contributed by atoms with Gasteiger partial charge in [0.1, 0.15) is 4.90 Å². The molecule has 0 saturated heterocycles. The van der Waals surface area contributed by atoms with Crippen LogP contribution in [0.2, 0.25) is 5.02 Å². The van der Waals surface area contributed by atoms with E-state index in [1.165, 1.54) is 25.1 Å². The Kier molecular flexibility index (Phi) is 4.59. The van der Waals surface area contributed by atoms with Crippen LogP contribution in [0, 0.1) is 11.3 Å². The van der Waals surface area contributed by atoms with Crippen molar-refractivity contribution in [1.29, 1.82) is 5.26 Å². The van der Waals surface area contributed by atoms with Crippen molar-refractivity contribution >= 4 is 21.6 Å². The summed E-state index contributed by atoms with van der Waals surface area (Å²) in [6.07, 6.45) is -0.889. The van der Waals surface area contributed by atoms with Crippen molar-refractivity contribution in [1.82, 2.24) is 4.72 Å². The molecule has 7 heteroatoms. The highest BCUT2D eigenvalue weighted by Crippen LogP contribution is 2.24. The van der Waals surface area contributed by atoms with Crippen molar-refractivity contribution in [2.24, 2.45) is 0 Å². The molecular formula is C12H15ClN2O3S. The molecule has 5 nitrogen and oxygen atoms in total. The van der Waals surface area contributed by atoms with Gasteiger partial charge in [0.25, 0.3) is 0 Å². The van der Waals surface area contributed by atoms with E-state index >= 15 is 0 Å². The minimum atomic E-state index is -3.92. The first-order valence-corrected chi connectivity index (χ1v) is 7.38. The molecule has 0 saturated carbocycles. The molecule has 0 bridgehead atoms. The minimum absolute atomic E-state index is 0.0212. The number of halogens is 1. The van der Waals surface area contributed by atoms with Crippen molar-refractivity contribution in [2.75, 3.05) is 0 Å². The highest BCUT2D eigenvalue weighted by molar-refractivity contribution is 7.89. The predicted octanol–water partition coefficient (Wildman–Crippen LogP) is 1.65. The number of nitriles is 1. The van der Waals surface area contributed by atoms with Crippen molar-refractivity contribution in [3.8, 4) is 6.07 Å². The number of nitrogens with one attached hydrogen (secondary N) is 1. The summed E-state index contributed by atoms with van der Waals surface area (Å²) in [5.74, 6) is 0. The molecule has 1 aromatic carbocycles. The number of aliphatic hydroxyl groups is 1. The minimum Gasteiger partial charge on any atom is -0.391 e. The smallest absolute Gasteiger partial charge is 0.242 e. The second-order valence-electron chi connectivity index (χ2n) is 4.76. The van der Waals surface area contributed by atoms with Crippen LogP contribution in [0.5, 0.6) is 0 Å². The summed E-state index contributed by atoms with van der Waals surface area (Å²) in [6, 6.07) is 5.83. The lowest BCUT2D eigenvalue weighted by Crippen LogP contribution is -2.50. The van der Waals surface area contributed by atoms with Crippen molar-refractivity contribution in [3.63, 3.8) is 0 Å². The van der Waals surface area contributed by atoms with E-state index in [2.05, 4.69) is 4.72 Å². The number of sulfonamides is 1.